The number of aliphatic hydroxyl groups excluding tert-OH is 1. The lowest BCUT2D eigenvalue weighted by atomic mass is 10.0. The molecule has 0 spiro atoms. The Labute approximate surface area is 173 Å². The molecule has 1 aliphatic rings. The van der Waals surface area contributed by atoms with Crippen molar-refractivity contribution < 1.29 is 14.6 Å². The standard InChI is InChI=1S/C23H31N3O3/c1-4-28-21-11-18-10-16(2)29-22(18)12-19(21)13-25-23(24-3)26-14-20(15-27)17-8-6-5-7-9-17/h5-9,11-12,16,20,27H,4,10,13-15H2,1-3H3,(H2,24,25,26). The first kappa shape index (κ1) is 21.0. The lowest BCUT2D eigenvalue weighted by molar-refractivity contribution is 0.254. The maximum Gasteiger partial charge on any atom is 0.191 e. The van der Waals surface area contributed by atoms with E-state index in [0.29, 0.717) is 25.7 Å². The number of hydrogen-bond acceptors (Lipinski definition) is 4. The molecule has 2 unspecified atom stereocenters. The Morgan fingerprint density at radius 1 is 1.28 bits per heavy atom. The van der Waals surface area contributed by atoms with Crippen molar-refractivity contribution in [2.75, 3.05) is 26.8 Å². The van der Waals surface area contributed by atoms with Crippen LogP contribution in [0.2, 0.25) is 0 Å². The van der Waals surface area contributed by atoms with Crippen LogP contribution in [0.25, 0.3) is 0 Å². The van der Waals surface area contributed by atoms with Crippen molar-refractivity contribution in [3.05, 3.63) is 59.2 Å². The second-order valence-electron chi connectivity index (χ2n) is 7.23. The largest absolute Gasteiger partial charge is 0.494 e. The molecule has 2 atom stereocenters. The Hall–Kier alpha value is -2.73. The predicted molar refractivity (Wildman–Crippen MR) is 116 cm³/mol. The minimum absolute atomic E-state index is 0.00335. The van der Waals surface area contributed by atoms with Crippen LogP contribution in [-0.4, -0.2) is 44.0 Å². The van der Waals surface area contributed by atoms with Gasteiger partial charge in [-0.2, -0.15) is 0 Å². The summed E-state index contributed by atoms with van der Waals surface area (Å²) in [6, 6.07) is 14.1. The minimum atomic E-state index is 0.00335. The van der Waals surface area contributed by atoms with Crippen molar-refractivity contribution in [3.8, 4) is 11.5 Å². The molecule has 0 aromatic heterocycles. The monoisotopic (exact) mass is 397 g/mol. The van der Waals surface area contributed by atoms with Gasteiger partial charge < -0.3 is 25.2 Å². The quantitative estimate of drug-likeness (QED) is 0.472. The molecule has 1 heterocycles. The summed E-state index contributed by atoms with van der Waals surface area (Å²) in [5.74, 6) is 2.50. The van der Waals surface area contributed by atoms with E-state index in [-0.39, 0.29) is 18.6 Å². The van der Waals surface area contributed by atoms with Gasteiger partial charge in [-0.15, -0.1) is 0 Å². The molecule has 156 valence electrons. The van der Waals surface area contributed by atoms with Crippen molar-refractivity contribution in [2.24, 2.45) is 4.99 Å². The van der Waals surface area contributed by atoms with Crippen molar-refractivity contribution in [1.82, 2.24) is 10.6 Å². The fourth-order valence-electron chi connectivity index (χ4n) is 3.54. The van der Waals surface area contributed by atoms with Crippen molar-refractivity contribution in [2.45, 2.75) is 38.8 Å². The fourth-order valence-corrected chi connectivity index (χ4v) is 3.54. The molecule has 0 radical (unpaired) electrons. The molecule has 6 nitrogen and oxygen atoms in total. The number of nitrogens with zero attached hydrogens (tertiary/aromatic N) is 1. The summed E-state index contributed by atoms with van der Waals surface area (Å²) < 4.78 is 11.7. The Morgan fingerprint density at radius 3 is 2.76 bits per heavy atom. The fraction of sp³-hybridized carbons (Fsp3) is 0.435. The van der Waals surface area contributed by atoms with Gasteiger partial charge in [0.15, 0.2) is 5.96 Å². The van der Waals surface area contributed by atoms with E-state index in [9.17, 15) is 5.11 Å². The summed E-state index contributed by atoms with van der Waals surface area (Å²) in [7, 11) is 1.74. The smallest absolute Gasteiger partial charge is 0.191 e. The molecular weight excluding hydrogens is 366 g/mol. The van der Waals surface area contributed by atoms with Crippen LogP contribution in [0.15, 0.2) is 47.5 Å². The molecule has 1 aliphatic heterocycles. The van der Waals surface area contributed by atoms with Gasteiger partial charge in [0.05, 0.1) is 13.2 Å². The number of hydrogen-bond donors (Lipinski definition) is 3. The number of fused-ring (bicyclic) bond motifs is 1. The van der Waals surface area contributed by atoms with Gasteiger partial charge in [-0.25, -0.2) is 0 Å². The number of guanidine groups is 1. The molecular formula is C23H31N3O3. The van der Waals surface area contributed by atoms with Crippen LogP contribution in [0.3, 0.4) is 0 Å². The van der Waals surface area contributed by atoms with Gasteiger partial charge in [-0.1, -0.05) is 30.3 Å². The second kappa shape index (κ2) is 10.2. The van der Waals surface area contributed by atoms with Crippen LogP contribution < -0.4 is 20.1 Å². The zero-order chi connectivity index (χ0) is 20.6. The van der Waals surface area contributed by atoms with Gasteiger partial charge in [0, 0.05) is 43.6 Å². The summed E-state index contributed by atoms with van der Waals surface area (Å²) in [6.45, 7) is 5.91. The highest BCUT2D eigenvalue weighted by Gasteiger charge is 2.22. The maximum atomic E-state index is 9.75. The Kier molecular flexibility index (Phi) is 7.36. The summed E-state index contributed by atoms with van der Waals surface area (Å²) in [6.07, 6.45) is 1.11. The average Bonchev–Trinajstić information content (AvgIpc) is 3.10. The molecule has 0 amide bonds. The molecule has 29 heavy (non-hydrogen) atoms. The molecule has 0 aliphatic carbocycles. The molecule has 0 saturated heterocycles. The normalized spacial score (nSPS) is 16.7. The Bertz CT molecular complexity index is 824. The first-order chi connectivity index (χ1) is 14.1. The van der Waals surface area contributed by atoms with Crippen LogP contribution in [-0.2, 0) is 13.0 Å². The van der Waals surface area contributed by atoms with Crippen molar-refractivity contribution in [1.29, 1.82) is 0 Å². The third-order valence-corrected chi connectivity index (χ3v) is 5.06. The van der Waals surface area contributed by atoms with E-state index in [0.717, 1.165) is 29.0 Å². The van der Waals surface area contributed by atoms with Gasteiger partial charge in [-0.3, -0.25) is 4.99 Å². The molecule has 0 saturated carbocycles. The molecule has 0 bridgehead atoms. The van der Waals surface area contributed by atoms with Crippen LogP contribution >= 0.6 is 0 Å². The van der Waals surface area contributed by atoms with Gasteiger partial charge >= 0.3 is 0 Å². The van der Waals surface area contributed by atoms with E-state index in [2.05, 4.69) is 34.7 Å². The molecule has 0 fully saturated rings. The number of ether oxygens (including phenoxy) is 2. The lowest BCUT2D eigenvalue weighted by Gasteiger charge is -2.19. The summed E-state index contributed by atoms with van der Waals surface area (Å²) in [4.78, 5) is 4.30. The van der Waals surface area contributed by atoms with E-state index in [4.69, 9.17) is 9.47 Å². The van der Waals surface area contributed by atoms with E-state index in [1.165, 1.54) is 5.56 Å². The van der Waals surface area contributed by atoms with Crippen molar-refractivity contribution in [3.63, 3.8) is 0 Å². The number of benzene rings is 2. The summed E-state index contributed by atoms with van der Waals surface area (Å²) in [5.41, 5.74) is 3.33. The molecule has 2 aromatic rings. The zero-order valence-corrected chi connectivity index (χ0v) is 17.4. The first-order valence-corrected chi connectivity index (χ1v) is 10.2. The molecule has 6 heteroatoms. The number of nitrogens with one attached hydrogen (secondary N) is 2. The van der Waals surface area contributed by atoms with E-state index in [1.807, 2.05) is 37.3 Å². The summed E-state index contributed by atoms with van der Waals surface area (Å²) >= 11 is 0. The number of aliphatic imine (C=N–C) groups is 1. The van der Waals surface area contributed by atoms with Gasteiger partial charge in [-0.05, 0) is 31.5 Å². The predicted octanol–water partition coefficient (Wildman–Crippen LogP) is 2.85. The summed E-state index contributed by atoms with van der Waals surface area (Å²) in [5, 5.41) is 16.4. The second-order valence-corrected chi connectivity index (χ2v) is 7.23. The minimum Gasteiger partial charge on any atom is -0.494 e. The SMILES string of the molecule is CCOc1cc2c(cc1CNC(=NC)NCC(CO)c1ccccc1)OC(C)C2. The lowest BCUT2D eigenvalue weighted by Crippen LogP contribution is -2.39. The van der Waals surface area contributed by atoms with Crippen LogP contribution in [0.1, 0.15) is 36.5 Å². The topological polar surface area (TPSA) is 75.1 Å². The van der Waals surface area contributed by atoms with Crippen molar-refractivity contribution >= 4 is 5.96 Å². The van der Waals surface area contributed by atoms with E-state index in [1.54, 1.807) is 7.05 Å². The zero-order valence-electron chi connectivity index (χ0n) is 17.4. The van der Waals surface area contributed by atoms with E-state index >= 15 is 0 Å². The van der Waals surface area contributed by atoms with Gasteiger partial charge in [0.25, 0.3) is 0 Å². The average molecular weight is 398 g/mol. The molecule has 2 aromatic carbocycles. The van der Waals surface area contributed by atoms with Gasteiger partial charge in [0.1, 0.15) is 17.6 Å². The van der Waals surface area contributed by atoms with Gasteiger partial charge in [0.2, 0.25) is 0 Å². The third-order valence-electron chi connectivity index (χ3n) is 5.06. The van der Waals surface area contributed by atoms with Crippen LogP contribution in [0, 0.1) is 0 Å². The Morgan fingerprint density at radius 2 is 2.07 bits per heavy atom. The number of aliphatic hydroxyl groups is 1. The maximum absolute atomic E-state index is 9.75. The number of rotatable bonds is 8. The Balaban J connectivity index is 1.63. The molecule has 3 N–H and O–H groups in total. The van der Waals surface area contributed by atoms with Crippen LogP contribution in [0.4, 0.5) is 0 Å². The van der Waals surface area contributed by atoms with E-state index < -0.39 is 0 Å². The third kappa shape index (κ3) is 5.41. The highest BCUT2D eigenvalue weighted by Crippen LogP contribution is 2.35. The highest BCUT2D eigenvalue weighted by molar-refractivity contribution is 5.79. The van der Waals surface area contributed by atoms with Crippen LogP contribution in [0.5, 0.6) is 11.5 Å². The first-order valence-electron chi connectivity index (χ1n) is 10.2. The molecule has 3 rings (SSSR count). The highest BCUT2D eigenvalue weighted by atomic mass is 16.5.